The number of nitrogen functional groups attached to an aromatic ring is 1. The second-order valence-electron chi connectivity index (χ2n) is 4.00. The molecule has 1 aliphatic rings. The Morgan fingerprint density at radius 2 is 2.59 bits per heavy atom. The van der Waals surface area contributed by atoms with E-state index in [0.29, 0.717) is 17.9 Å². The molecule has 1 atom stereocenters. The molecular formula is C11H17N3O3. The highest BCUT2D eigenvalue weighted by Gasteiger charge is 2.21. The largest absolute Gasteiger partial charge is 0.458 e. The summed E-state index contributed by atoms with van der Waals surface area (Å²) in [7, 11) is 0. The molecule has 1 unspecified atom stereocenters. The summed E-state index contributed by atoms with van der Waals surface area (Å²) in [6.07, 6.45) is 3.46. The number of rotatable bonds is 4. The minimum atomic E-state index is -0.433. The van der Waals surface area contributed by atoms with E-state index in [1.165, 1.54) is 10.9 Å². The fourth-order valence-corrected chi connectivity index (χ4v) is 1.88. The van der Waals surface area contributed by atoms with Crippen molar-refractivity contribution in [1.29, 1.82) is 0 Å². The lowest BCUT2D eigenvalue weighted by molar-refractivity contribution is 0.0152. The Morgan fingerprint density at radius 1 is 1.76 bits per heavy atom. The molecule has 0 spiro atoms. The van der Waals surface area contributed by atoms with Crippen LogP contribution in [0.4, 0.5) is 5.69 Å². The van der Waals surface area contributed by atoms with Crippen LogP contribution in [0, 0.1) is 0 Å². The Balaban J connectivity index is 1.96. The normalized spacial score (nSPS) is 19.5. The van der Waals surface area contributed by atoms with Gasteiger partial charge in [0.15, 0.2) is 5.69 Å². The van der Waals surface area contributed by atoms with Crippen molar-refractivity contribution in [3.05, 3.63) is 11.9 Å². The third-order valence-electron chi connectivity index (χ3n) is 2.78. The maximum atomic E-state index is 11.8. The van der Waals surface area contributed by atoms with Crippen molar-refractivity contribution in [2.75, 3.05) is 18.9 Å². The molecule has 1 aromatic rings. The molecule has 0 bridgehead atoms. The summed E-state index contributed by atoms with van der Waals surface area (Å²) in [5, 5.41) is 3.99. The van der Waals surface area contributed by atoms with Gasteiger partial charge in [-0.2, -0.15) is 5.10 Å². The topological polar surface area (TPSA) is 79.4 Å². The van der Waals surface area contributed by atoms with E-state index in [1.807, 2.05) is 6.92 Å². The number of aryl methyl sites for hydroxylation is 1. The molecule has 1 fully saturated rings. The van der Waals surface area contributed by atoms with E-state index in [9.17, 15) is 4.79 Å². The van der Waals surface area contributed by atoms with Gasteiger partial charge in [0.05, 0.1) is 18.0 Å². The van der Waals surface area contributed by atoms with Gasteiger partial charge < -0.3 is 15.2 Å². The fraction of sp³-hybridized carbons (Fsp3) is 0.636. The van der Waals surface area contributed by atoms with E-state index in [2.05, 4.69) is 5.10 Å². The van der Waals surface area contributed by atoms with Gasteiger partial charge in [-0.3, -0.25) is 4.68 Å². The molecule has 94 valence electrons. The number of aromatic nitrogens is 2. The van der Waals surface area contributed by atoms with Gasteiger partial charge in [0.25, 0.3) is 0 Å². The standard InChI is InChI=1S/C11H17N3O3/c1-2-14-10(9(12)6-13-14)11(15)17-7-8-4-3-5-16-8/h6,8H,2-5,7,12H2,1H3. The maximum absolute atomic E-state index is 11.8. The maximum Gasteiger partial charge on any atom is 0.358 e. The summed E-state index contributed by atoms with van der Waals surface area (Å²) in [6.45, 7) is 3.51. The quantitative estimate of drug-likeness (QED) is 0.787. The lowest BCUT2D eigenvalue weighted by Crippen LogP contribution is -2.20. The first-order valence-corrected chi connectivity index (χ1v) is 5.82. The second-order valence-corrected chi connectivity index (χ2v) is 4.00. The minimum Gasteiger partial charge on any atom is -0.458 e. The predicted octanol–water partition coefficient (Wildman–Crippen LogP) is 0.821. The Morgan fingerprint density at radius 3 is 3.24 bits per heavy atom. The van der Waals surface area contributed by atoms with Crippen molar-refractivity contribution in [1.82, 2.24) is 9.78 Å². The molecule has 0 radical (unpaired) electrons. The SMILES string of the molecule is CCn1ncc(N)c1C(=O)OCC1CCCO1. The average molecular weight is 239 g/mol. The van der Waals surface area contributed by atoms with Crippen molar-refractivity contribution < 1.29 is 14.3 Å². The molecule has 6 nitrogen and oxygen atoms in total. The number of hydrogen-bond donors (Lipinski definition) is 1. The van der Waals surface area contributed by atoms with Crippen molar-refractivity contribution in [3.63, 3.8) is 0 Å². The van der Waals surface area contributed by atoms with Crippen LogP contribution in [0.3, 0.4) is 0 Å². The molecule has 2 heterocycles. The van der Waals surface area contributed by atoms with Gasteiger partial charge in [-0.25, -0.2) is 4.79 Å². The van der Waals surface area contributed by atoms with Crippen molar-refractivity contribution in [2.24, 2.45) is 0 Å². The summed E-state index contributed by atoms with van der Waals surface area (Å²) >= 11 is 0. The van der Waals surface area contributed by atoms with E-state index in [0.717, 1.165) is 19.4 Å². The summed E-state index contributed by atoms with van der Waals surface area (Å²) in [5.41, 5.74) is 6.36. The van der Waals surface area contributed by atoms with Gasteiger partial charge in [0.1, 0.15) is 6.61 Å². The fourth-order valence-electron chi connectivity index (χ4n) is 1.88. The van der Waals surface area contributed by atoms with E-state index in [-0.39, 0.29) is 12.7 Å². The highest BCUT2D eigenvalue weighted by atomic mass is 16.6. The first-order valence-electron chi connectivity index (χ1n) is 5.82. The van der Waals surface area contributed by atoms with Crippen LogP contribution in [-0.2, 0) is 16.0 Å². The number of nitrogens with two attached hydrogens (primary N) is 1. The van der Waals surface area contributed by atoms with Gasteiger partial charge in [-0.1, -0.05) is 0 Å². The van der Waals surface area contributed by atoms with Crippen LogP contribution in [0.25, 0.3) is 0 Å². The smallest absolute Gasteiger partial charge is 0.358 e. The number of carbonyl (C=O) groups is 1. The van der Waals surface area contributed by atoms with Gasteiger partial charge in [-0.15, -0.1) is 0 Å². The summed E-state index contributed by atoms with van der Waals surface area (Å²) < 4.78 is 12.1. The predicted molar refractivity (Wildman–Crippen MR) is 61.6 cm³/mol. The summed E-state index contributed by atoms with van der Waals surface area (Å²) in [6, 6.07) is 0. The molecule has 1 aromatic heterocycles. The molecule has 0 aromatic carbocycles. The van der Waals surface area contributed by atoms with Crippen molar-refractivity contribution >= 4 is 11.7 Å². The van der Waals surface area contributed by atoms with Crippen LogP contribution < -0.4 is 5.73 Å². The molecule has 17 heavy (non-hydrogen) atoms. The number of carbonyl (C=O) groups excluding carboxylic acids is 1. The molecule has 1 saturated heterocycles. The molecule has 0 amide bonds. The Bertz CT molecular complexity index is 397. The van der Waals surface area contributed by atoms with Gasteiger partial charge in [0, 0.05) is 13.2 Å². The van der Waals surface area contributed by atoms with E-state index in [4.69, 9.17) is 15.2 Å². The molecule has 0 saturated carbocycles. The second kappa shape index (κ2) is 5.18. The highest BCUT2D eigenvalue weighted by Crippen LogP contribution is 2.15. The number of nitrogens with zero attached hydrogens (tertiary/aromatic N) is 2. The Hall–Kier alpha value is -1.56. The van der Waals surface area contributed by atoms with E-state index in [1.54, 1.807) is 0 Å². The van der Waals surface area contributed by atoms with Gasteiger partial charge in [-0.05, 0) is 19.8 Å². The minimum absolute atomic E-state index is 0.0261. The highest BCUT2D eigenvalue weighted by molar-refractivity contribution is 5.93. The number of ether oxygens (including phenoxy) is 2. The third kappa shape index (κ3) is 2.58. The van der Waals surface area contributed by atoms with Crippen molar-refractivity contribution in [3.8, 4) is 0 Å². The van der Waals surface area contributed by atoms with Crippen LogP contribution in [0.5, 0.6) is 0 Å². The van der Waals surface area contributed by atoms with Crippen LogP contribution in [0.1, 0.15) is 30.3 Å². The Kier molecular flexibility index (Phi) is 3.63. The Labute approximate surface area is 99.7 Å². The first kappa shape index (κ1) is 11.9. The van der Waals surface area contributed by atoms with E-state index < -0.39 is 5.97 Å². The molecule has 2 N–H and O–H groups in total. The molecule has 0 aliphatic carbocycles. The zero-order valence-corrected chi connectivity index (χ0v) is 9.89. The van der Waals surface area contributed by atoms with Gasteiger partial charge >= 0.3 is 5.97 Å². The third-order valence-corrected chi connectivity index (χ3v) is 2.78. The van der Waals surface area contributed by atoms with Crippen LogP contribution in [0.2, 0.25) is 0 Å². The summed E-state index contributed by atoms with van der Waals surface area (Å²) in [5.74, 6) is -0.433. The monoisotopic (exact) mass is 239 g/mol. The molecule has 2 rings (SSSR count). The zero-order chi connectivity index (χ0) is 12.3. The first-order chi connectivity index (χ1) is 8.22. The van der Waals surface area contributed by atoms with E-state index >= 15 is 0 Å². The van der Waals surface area contributed by atoms with Gasteiger partial charge in [0.2, 0.25) is 0 Å². The molecule has 6 heteroatoms. The molecule has 1 aliphatic heterocycles. The number of hydrogen-bond acceptors (Lipinski definition) is 5. The number of anilines is 1. The van der Waals surface area contributed by atoms with Crippen LogP contribution in [-0.4, -0.2) is 35.1 Å². The summed E-state index contributed by atoms with van der Waals surface area (Å²) in [4.78, 5) is 11.8. The lowest BCUT2D eigenvalue weighted by atomic mass is 10.2. The van der Waals surface area contributed by atoms with Crippen LogP contribution >= 0.6 is 0 Å². The van der Waals surface area contributed by atoms with Crippen LogP contribution in [0.15, 0.2) is 6.20 Å². The lowest BCUT2D eigenvalue weighted by Gasteiger charge is -2.11. The average Bonchev–Trinajstić information content (AvgIpc) is 2.94. The molecular weight excluding hydrogens is 222 g/mol. The zero-order valence-electron chi connectivity index (χ0n) is 9.89. The van der Waals surface area contributed by atoms with Crippen molar-refractivity contribution in [2.45, 2.75) is 32.4 Å². The number of esters is 1.